The Balaban J connectivity index is 1.49. The van der Waals surface area contributed by atoms with Gasteiger partial charge in [-0.25, -0.2) is 9.78 Å². The van der Waals surface area contributed by atoms with E-state index in [2.05, 4.69) is 5.10 Å². The summed E-state index contributed by atoms with van der Waals surface area (Å²) in [7, 11) is 3.63. The molecule has 2 aromatic rings. The first-order chi connectivity index (χ1) is 19.8. The zero-order valence-electron chi connectivity index (χ0n) is 25.0. The minimum atomic E-state index is -0.329. The van der Waals surface area contributed by atoms with Crippen molar-refractivity contribution in [3.63, 3.8) is 0 Å². The molecule has 0 saturated heterocycles. The molecule has 0 unspecified atom stereocenters. The highest BCUT2D eigenvalue weighted by Crippen LogP contribution is 2.35. The maximum Gasteiger partial charge on any atom is 0.410 e. The molecule has 0 spiro atoms. The van der Waals surface area contributed by atoms with Gasteiger partial charge in [0.15, 0.2) is 5.75 Å². The first kappa shape index (κ1) is 31.0. The SMILES string of the molecule is CSCCOc1nc(-c2cnn(C)c2COC(=O)N(C)C2CCCC2)ccc1O[C@H]1CCC[C@H](C(=O)OC(C)C)C1. The number of pyridine rings is 1. The molecule has 0 aromatic carbocycles. The summed E-state index contributed by atoms with van der Waals surface area (Å²) in [6.07, 6.45) is 10.6. The zero-order valence-corrected chi connectivity index (χ0v) is 25.8. The fraction of sp³-hybridized carbons (Fsp3) is 0.667. The van der Waals surface area contributed by atoms with Gasteiger partial charge in [-0.15, -0.1) is 0 Å². The molecule has 2 aliphatic carbocycles. The Bertz CT molecular complexity index is 1170. The molecular weight excluding hydrogens is 544 g/mol. The van der Waals surface area contributed by atoms with E-state index in [1.54, 1.807) is 27.5 Å². The summed E-state index contributed by atoms with van der Waals surface area (Å²) < 4.78 is 25.3. The van der Waals surface area contributed by atoms with Gasteiger partial charge in [-0.1, -0.05) is 12.8 Å². The summed E-state index contributed by atoms with van der Waals surface area (Å²) in [5.41, 5.74) is 2.16. The molecular formula is C30H44N4O6S. The van der Waals surface area contributed by atoms with Gasteiger partial charge in [0.25, 0.3) is 5.88 Å². The molecule has 0 aliphatic heterocycles. The van der Waals surface area contributed by atoms with Gasteiger partial charge >= 0.3 is 12.1 Å². The van der Waals surface area contributed by atoms with Crippen molar-refractivity contribution in [1.82, 2.24) is 19.7 Å². The number of aromatic nitrogens is 3. The lowest BCUT2D eigenvalue weighted by Crippen LogP contribution is -2.35. The number of amides is 1. The van der Waals surface area contributed by atoms with Gasteiger partial charge in [-0.3, -0.25) is 9.48 Å². The molecule has 4 rings (SSSR count). The predicted octanol–water partition coefficient (Wildman–Crippen LogP) is 5.62. The molecule has 226 valence electrons. The number of esters is 1. The molecule has 2 heterocycles. The Morgan fingerprint density at radius 3 is 2.66 bits per heavy atom. The monoisotopic (exact) mass is 588 g/mol. The highest BCUT2D eigenvalue weighted by molar-refractivity contribution is 7.98. The second-order valence-corrected chi connectivity index (χ2v) is 12.1. The van der Waals surface area contributed by atoms with E-state index in [9.17, 15) is 9.59 Å². The summed E-state index contributed by atoms with van der Waals surface area (Å²) in [5.74, 6) is 1.43. The van der Waals surface area contributed by atoms with Crippen LogP contribution in [-0.2, 0) is 27.9 Å². The van der Waals surface area contributed by atoms with E-state index in [4.69, 9.17) is 23.9 Å². The Kier molecular flexibility index (Phi) is 11.2. The second-order valence-electron chi connectivity index (χ2n) is 11.2. The van der Waals surface area contributed by atoms with Crippen molar-refractivity contribution in [2.45, 2.75) is 90.1 Å². The Labute approximate surface area is 247 Å². The third-order valence-electron chi connectivity index (χ3n) is 7.79. The van der Waals surface area contributed by atoms with Crippen LogP contribution in [0.3, 0.4) is 0 Å². The number of carbonyl (C=O) groups is 2. The van der Waals surface area contributed by atoms with Crippen LogP contribution >= 0.6 is 11.8 Å². The van der Waals surface area contributed by atoms with E-state index in [1.807, 2.05) is 46.3 Å². The summed E-state index contributed by atoms with van der Waals surface area (Å²) in [4.78, 5) is 31.8. The van der Waals surface area contributed by atoms with E-state index < -0.39 is 0 Å². The van der Waals surface area contributed by atoms with E-state index in [0.29, 0.717) is 30.4 Å². The standard InChI is InChI=1S/C30H44N4O6S/c1-20(2)39-29(35)21-9-8-12-23(17-21)40-27-14-13-25(32-28(27)37-15-16-41-5)24-18-31-34(4)26(24)19-38-30(36)33(3)22-10-6-7-11-22/h13-14,18,20-23H,6-12,15-17,19H2,1-5H3/t21-,23-/m0/s1. The fourth-order valence-corrected chi connectivity index (χ4v) is 5.74. The van der Waals surface area contributed by atoms with Crippen molar-refractivity contribution in [1.29, 1.82) is 0 Å². The molecule has 1 amide bonds. The number of thioether (sulfide) groups is 1. The Morgan fingerprint density at radius 1 is 1.15 bits per heavy atom. The fourth-order valence-electron chi connectivity index (χ4n) is 5.49. The summed E-state index contributed by atoms with van der Waals surface area (Å²) in [6, 6.07) is 3.98. The maximum atomic E-state index is 12.7. The smallest absolute Gasteiger partial charge is 0.410 e. The third-order valence-corrected chi connectivity index (χ3v) is 8.36. The van der Waals surface area contributed by atoms with Gasteiger partial charge < -0.3 is 23.8 Å². The van der Waals surface area contributed by atoms with Crippen LogP contribution in [0.25, 0.3) is 11.3 Å². The number of nitrogens with zero attached hydrogens (tertiary/aromatic N) is 4. The largest absolute Gasteiger partial charge is 0.485 e. The average molecular weight is 589 g/mol. The van der Waals surface area contributed by atoms with Crippen molar-refractivity contribution in [2.75, 3.05) is 25.7 Å². The molecule has 2 aliphatic rings. The first-order valence-electron chi connectivity index (χ1n) is 14.7. The first-order valence-corrected chi connectivity index (χ1v) is 16.1. The van der Waals surface area contributed by atoms with Crippen molar-refractivity contribution >= 4 is 23.8 Å². The molecule has 2 atom stereocenters. The van der Waals surface area contributed by atoms with Crippen molar-refractivity contribution < 1.29 is 28.5 Å². The van der Waals surface area contributed by atoms with Gasteiger partial charge in [0.2, 0.25) is 0 Å². The molecule has 0 bridgehead atoms. The molecule has 11 heteroatoms. The lowest BCUT2D eigenvalue weighted by molar-refractivity contribution is -0.154. The number of ether oxygens (including phenoxy) is 4. The molecule has 10 nitrogen and oxygen atoms in total. The topological polar surface area (TPSA) is 105 Å². The molecule has 2 aromatic heterocycles. The van der Waals surface area contributed by atoms with Crippen LogP contribution in [0.4, 0.5) is 4.79 Å². The van der Waals surface area contributed by atoms with Crippen molar-refractivity contribution in [3.05, 3.63) is 24.0 Å². The van der Waals surface area contributed by atoms with E-state index >= 15 is 0 Å². The van der Waals surface area contributed by atoms with Crippen LogP contribution in [-0.4, -0.2) is 75.6 Å². The highest BCUT2D eigenvalue weighted by Gasteiger charge is 2.31. The third kappa shape index (κ3) is 8.30. The minimum absolute atomic E-state index is 0.0836. The van der Waals surface area contributed by atoms with E-state index in [1.165, 1.54) is 0 Å². The summed E-state index contributed by atoms with van der Waals surface area (Å²) >= 11 is 1.69. The van der Waals surface area contributed by atoms with Crippen LogP contribution in [0, 0.1) is 5.92 Å². The predicted molar refractivity (Wildman–Crippen MR) is 158 cm³/mol. The molecule has 0 N–H and O–H groups in total. The molecule has 41 heavy (non-hydrogen) atoms. The van der Waals surface area contributed by atoms with Crippen LogP contribution in [0.2, 0.25) is 0 Å². The Morgan fingerprint density at radius 2 is 1.93 bits per heavy atom. The molecule has 2 saturated carbocycles. The van der Waals surface area contributed by atoms with Crippen LogP contribution in [0.5, 0.6) is 11.6 Å². The number of carbonyl (C=O) groups excluding carboxylic acids is 2. The maximum absolute atomic E-state index is 12.7. The van der Waals surface area contributed by atoms with Gasteiger partial charge in [-0.05, 0) is 70.8 Å². The molecule has 2 fully saturated rings. The number of aryl methyl sites for hydroxylation is 1. The number of hydrogen-bond acceptors (Lipinski definition) is 9. The van der Waals surface area contributed by atoms with Crippen LogP contribution in [0.15, 0.2) is 18.3 Å². The van der Waals surface area contributed by atoms with Crippen molar-refractivity contribution in [3.8, 4) is 22.9 Å². The second kappa shape index (κ2) is 14.8. The molecule has 0 radical (unpaired) electrons. The van der Waals surface area contributed by atoms with Crippen LogP contribution < -0.4 is 9.47 Å². The summed E-state index contributed by atoms with van der Waals surface area (Å²) in [6.45, 7) is 4.30. The number of rotatable bonds is 12. The normalized spacial score (nSPS) is 19.3. The van der Waals surface area contributed by atoms with Gasteiger partial charge in [0.1, 0.15) is 6.61 Å². The van der Waals surface area contributed by atoms with Gasteiger partial charge in [0, 0.05) is 31.5 Å². The minimum Gasteiger partial charge on any atom is -0.485 e. The van der Waals surface area contributed by atoms with Gasteiger partial charge in [0.05, 0.1) is 42.3 Å². The quantitative estimate of drug-likeness (QED) is 0.231. The zero-order chi connectivity index (χ0) is 29.4. The lowest BCUT2D eigenvalue weighted by atomic mass is 9.87. The Hall–Kier alpha value is -2.95. The van der Waals surface area contributed by atoms with E-state index in [0.717, 1.165) is 62.0 Å². The van der Waals surface area contributed by atoms with Crippen molar-refractivity contribution in [2.24, 2.45) is 13.0 Å². The van der Waals surface area contributed by atoms with Crippen LogP contribution in [0.1, 0.15) is 70.9 Å². The van der Waals surface area contributed by atoms with Gasteiger partial charge in [-0.2, -0.15) is 16.9 Å². The lowest BCUT2D eigenvalue weighted by Gasteiger charge is -2.29. The summed E-state index contributed by atoms with van der Waals surface area (Å²) in [5, 5.41) is 4.41. The van der Waals surface area contributed by atoms with E-state index in [-0.39, 0.29) is 42.8 Å². The average Bonchev–Trinajstić information content (AvgIpc) is 3.62. The highest BCUT2D eigenvalue weighted by atomic mass is 32.2. The number of hydrogen-bond donors (Lipinski definition) is 0.